The molecule has 0 radical (unpaired) electrons. The predicted octanol–water partition coefficient (Wildman–Crippen LogP) is 3.26. The zero-order chi connectivity index (χ0) is 13.3. The van der Waals surface area contributed by atoms with Gasteiger partial charge in [-0.1, -0.05) is 27.7 Å². The van der Waals surface area contributed by atoms with Gasteiger partial charge in [0.25, 0.3) is 0 Å². The number of nitrogens with two attached hydrogens (primary N) is 1. The maximum absolute atomic E-state index is 6.40. The van der Waals surface area contributed by atoms with Crippen molar-refractivity contribution in [1.29, 1.82) is 0 Å². The molecule has 0 spiro atoms. The van der Waals surface area contributed by atoms with Crippen molar-refractivity contribution >= 4 is 0 Å². The number of piperidine rings is 1. The highest BCUT2D eigenvalue weighted by Crippen LogP contribution is 2.36. The second-order valence-corrected chi connectivity index (χ2v) is 7.75. The summed E-state index contributed by atoms with van der Waals surface area (Å²) in [5.41, 5.74) is 6.95. The second-order valence-electron chi connectivity index (χ2n) is 7.75. The van der Waals surface area contributed by atoms with Crippen LogP contribution < -0.4 is 5.73 Å². The van der Waals surface area contributed by atoms with Gasteiger partial charge in [0.2, 0.25) is 0 Å². The molecule has 2 N–H and O–H groups in total. The van der Waals surface area contributed by atoms with E-state index in [2.05, 4.69) is 32.6 Å². The Bertz CT molecular complexity index is 262. The average Bonchev–Trinajstić information content (AvgIpc) is 2.30. The highest BCUT2D eigenvalue weighted by Gasteiger charge is 2.36. The molecule has 18 heavy (non-hydrogen) atoms. The zero-order valence-corrected chi connectivity index (χ0v) is 12.8. The Morgan fingerprint density at radius 2 is 1.72 bits per heavy atom. The highest BCUT2D eigenvalue weighted by atomic mass is 15.2. The maximum atomic E-state index is 6.40. The molecule has 2 heteroatoms. The summed E-state index contributed by atoms with van der Waals surface area (Å²) in [6.45, 7) is 12.1. The first-order valence-electron chi connectivity index (χ1n) is 7.89. The van der Waals surface area contributed by atoms with Crippen molar-refractivity contribution in [3.63, 3.8) is 0 Å². The van der Waals surface area contributed by atoms with Crippen LogP contribution in [0.25, 0.3) is 0 Å². The van der Waals surface area contributed by atoms with Crippen LogP contribution in [-0.2, 0) is 0 Å². The first-order chi connectivity index (χ1) is 8.39. The van der Waals surface area contributed by atoms with Gasteiger partial charge in [-0.05, 0) is 62.4 Å². The van der Waals surface area contributed by atoms with E-state index in [-0.39, 0.29) is 0 Å². The predicted molar refractivity (Wildman–Crippen MR) is 78.5 cm³/mol. The minimum absolute atomic E-state index is 0.418. The highest BCUT2D eigenvalue weighted by molar-refractivity contribution is 4.92. The molecule has 0 bridgehead atoms. The topological polar surface area (TPSA) is 29.3 Å². The van der Waals surface area contributed by atoms with Gasteiger partial charge in [0, 0.05) is 12.1 Å². The van der Waals surface area contributed by atoms with E-state index >= 15 is 0 Å². The summed E-state index contributed by atoms with van der Waals surface area (Å²) in [6.07, 6.45) is 6.58. The average molecular weight is 252 g/mol. The quantitative estimate of drug-likeness (QED) is 0.817. The van der Waals surface area contributed by atoms with Crippen LogP contribution >= 0.6 is 0 Å². The molecular weight excluding hydrogens is 220 g/mol. The smallest absolute Gasteiger partial charge is 0.0249 e. The lowest BCUT2D eigenvalue weighted by Gasteiger charge is -2.46. The first-order valence-corrected chi connectivity index (χ1v) is 7.89. The third-order valence-corrected chi connectivity index (χ3v) is 5.47. The van der Waals surface area contributed by atoms with E-state index in [1.54, 1.807) is 0 Å². The number of nitrogens with zero attached hydrogens (tertiary/aromatic N) is 1. The van der Waals surface area contributed by atoms with Crippen molar-refractivity contribution in [2.24, 2.45) is 23.0 Å². The molecule has 3 atom stereocenters. The van der Waals surface area contributed by atoms with Crippen molar-refractivity contribution in [3.8, 4) is 0 Å². The Morgan fingerprint density at radius 1 is 1.11 bits per heavy atom. The van der Waals surface area contributed by atoms with Crippen molar-refractivity contribution in [1.82, 2.24) is 4.90 Å². The van der Waals surface area contributed by atoms with E-state index in [0.717, 1.165) is 11.8 Å². The van der Waals surface area contributed by atoms with E-state index in [0.29, 0.717) is 17.5 Å². The Balaban J connectivity index is 1.94. The molecule has 2 nitrogen and oxygen atoms in total. The molecule has 0 aromatic heterocycles. The molecule has 0 aromatic carbocycles. The normalized spacial score (nSPS) is 38.0. The molecule has 2 fully saturated rings. The number of hydrogen-bond donors (Lipinski definition) is 1. The van der Waals surface area contributed by atoms with Crippen molar-refractivity contribution in [2.45, 2.75) is 71.9 Å². The first kappa shape index (κ1) is 14.3. The molecule has 1 aliphatic carbocycles. The number of likely N-dealkylation sites (tertiary alicyclic amines) is 1. The number of hydrogen-bond acceptors (Lipinski definition) is 2. The Hall–Kier alpha value is -0.0800. The Kier molecular flexibility index (Phi) is 4.38. The third kappa shape index (κ3) is 3.27. The Morgan fingerprint density at radius 3 is 2.28 bits per heavy atom. The largest absolute Gasteiger partial charge is 0.326 e. The Labute approximate surface area is 113 Å². The van der Waals surface area contributed by atoms with Gasteiger partial charge in [-0.2, -0.15) is 0 Å². The van der Waals surface area contributed by atoms with Crippen LogP contribution in [0.3, 0.4) is 0 Å². The van der Waals surface area contributed by atoms with Gasteiger partial charge >= 0.3 is 0 Å². The fourth-order valence-electron chi connectivity index (χ4n) is 3.69. The van der Waals surface area contributed by atoms with E-state index in [9.17, 15) is 0 Å². The lowest BCUT2D eigenvalue weighted by Crippen LogP contribution is -2.54. The number of rotatable bonds is 2. The molecule has 0 aromatic rings. The van der Waals surface area contributed by atoms with Crippen molar-refractivity contribution in [3.05, 3.63) is 0 Å². The molecule has 1 saturated heterocycles. The molecule has 1 saturated carbocycles. The molecule has 0 amide bonds. The van der Waals surface area contributed by atoms with Gasteiger partial charge in [-0.25, -0.2) is 0 Å². The fraction of sp³-hybridized carbons (Fsp3) is 1.00. The standard InChI is InChI=1S/C16H32N2/c1-12(2)13-5-6-14(17)15(11-13)18-9-7-16(3,4)8-10-18/h12-15H,5-11,17H2,1-4H3. The molecule has 1 heterocycles. The zero-order valence-electron chi connectivity index (χ0n) is 12.8. The monoisotopic (exact) mass is 252 g/mol. The summed E-state index contributed by atoms with van der Waals surface area (Å²) >= 11 is 0. The summed E-state index contributed by atoms with van der Waals surface area (Å²) in [5, 5.41) is 0. The summed E-state index contributed by atoms with van der Waals surface area (Å²) in [4.78, 5) is 2.70. The summed E-state index contributed by atoms with van der Waals surface area (Å²) in [5.74, 6) is 1.71. The molecule has 2 aliphatic rings. The van der Waals surface area contributed by atoms with Crippen LogP contribution in [0.2, 0.25) is 0 Å². The van der Waals surface area contributed by atoms with Crippen LogP contribution in [0.1, 0.15) is 59.8 Å². The van der Waals surface area contributed by atoms with Crippen molar-refractivity contribution < 1.29 is 0 Å². The molecule has 106 valence electrons. The molecule has 3 unspecified atom stereocenters. The van der Waals surface area contributed by atoms with Crippen LogP contribution in [-0.4, -0.2) is 30.1 Å². The minimum Gasteiger partial charge on any atom is -0.326 e. The SMILES string of the molecule is CC(C)C1CCC(N)C(N2CCC(C)(C)CC2)C1. The molecule has 2 rings (SSSR count). The lowest BCUT2D eigenvalue weighted by molar-refractivity contribution is 0.0462. The third-order valence-electron chi connectivity index (χ3n) is 5.47. The van der Waals surface area contributed by atoms with Crippen LogP contribution in [0.5, 0.6) is 0 Å². The lowest BCUT2D eigenvalue weighted by atomic mass is 9.75. The summed E-state index contributed by atoms with van der Waals surface area (Å²) in [7, 11) is 0. The van der Waals surface area contributed by atoms with Crippen LogP contribution in [0.4, 0.5) is 0 Å². The van der Waals surface area contributed by atoms with Gasteiger partial charge in [0.1, 0.15) is 0 Å². The summed E-state index contributed by atoms with van der Waals surface area (Å²) in [6, 6.07) is 1.07. The summed E-state index contributed by atoms with van der Waals surface area (Å²) < 4.78 is 0. The van der Waals surface area contributed by atoms with E-state index in [4.69, 9.17) is 5.73 Å². The van der Waals surface area contributed by atoms with E-state index in [1.807, 2.05) is 0 Å². The van der Waals surface area contributed by atoms with Gasteiger partial charge in [-0.3, -0.25) is 4.90 Å². The fourth-order valence-corrected chi connectivity index (χ4v) is 3.69. The van der Waals surface area contributed by atoms with E-state index < -0.39 is 0 Å². The maximum Gasteiger partial charge on any atom is 0.0249 e. The van der Waals surface area contributed by atoms with Crippen LogP contribution in [0, 0.1) is 17.3 Å². The van der Waals surface area contributed by atoms with Gasteiger partial charge < -0.3 is 5.73 Å². The van der Waals surface area contributed by atoms with Gasteiger partial charge in [0.05, 0.1) is 0 Å². The minimum atomic E-state index is 0.418. The van der Waals surface area contributed by atoms with Gasteiger partial charge in [0.15, 0.2) is 0 Å². The van der Waals surface area contributed by atoms with Gasteiger partial charge in [-0.15, -0.1) is 0 Å². The second kappa shape index (κ2) is 5.50. The van der Waals surface area contributed by atoms with Crippen LogP contribution in [0.15, 0.2) is 0 Å². The van der Waals surface area contributed by atoms with E-state index in [1.165, 1.54) is 45.2 Å². The molecule has 1 aliphatic heterocycles. The van der Waals surface area contributed by atoms with Crippen molar-refractivity contribution in [2.75, 3.05) is 13.1 Å². The molecular formula is C16H32N2.